The third-order valence-electron chi connectivity index (χ3n) is 4.50. The molecule has 0 bridgehead atoms. The Balaban J connectivity index is 1.78. The Morgan fingerprint density at radius 1 is 1.19 bits per heavy atom. The summed E-state index contributed by atoms with van der Waals surface area (Å²) in [5.74, 6) is -0.0705. The van der Waals surface area contributed by atoms with Crippen LogP contribution in [0.15, 0.2) is 41.5 Å². The maximum atomic E-state index is 12.7. The van der Waals surface area contributed by atoms with E-state index in [4.69, 9.17) is 0 Å². The summed E-state index contributed by atoms with van der Waals surface area (Å²) in [5.41, 5.74) is 4.79. The van der Waals surface area contributed by atoms with Crippen LogP contribution in [0.5, 0.6) is 0 Å². The summed E-state index contributed by atoms with van der Waals surface area (Å²) < 4.78 is 1.83. The Hall–Kier alpha value is -3.22. The molecule has 0 saturated carbocycles. The van der Waals surface area contributed by atoms with Crippen molar-refractivity contribution in [1.29, 1.82) is 0 Å². The van der Waals surface area contributed by atoms with E-state index < -0.39 is 0 Å². The van der Waals surface area contributed by atoms with Gasteiger partial charge in [-0.1, -0.05) is 12.1 Å². The first-order chi connectivity index (χ1) is 12.4. The number of nitrogens with one attached hydrogen (secondary N) is 1. The lowest BCUT2D eigenvalue weighted by Crippen LogP contribution is -2.26. The molecule has 26 heavy (non-hydrogen) atoms. The quantitative estimate of drug-likeness (QED) is 0.780. The first kappa shape index (κ1) is 17.6. The fraction of sp³-hybridized carbons (Fsp3) is 0.263. The van der Waals surface area contributed by atoms with E-state index in [2.05, 4.69) is 15.1 Å². The average molecular weight is 351 g/mol. The van der Waals surface area contributed by atoms with Crippen LogP contribution in [0.2, 0.25) is 0 Å². The maximum absolute atomic E-state index is 12.7. The number of aryl methyl sites for hydroxylation is 2. The van der Waals surface area contributed by atoms with Crippen LogP contribution in [-0.4, -0.2) is 37.6 Å². The zero-order valence-electron chi connectivity index (χ0n) is 15.3. The number of hydrogen-bond donors (Lipinski definition) is 1. The SMILES string of the molecule is Cc1nn(C)c(C)c1CN(C)C(=O)c1ccc(-c2cncc(=O)[nH]2)cc1. The lowest BCUT2D eigenvalue weighted by Gasteiger charge is -2.18. The topological polar surface area (TPSA) is 83.9 Å². The van der Waals surface area contributed by atoms with Gasteiger partial charge in [-0.25, -0.2) is 0 Å². The van der Waals surface area contributed by atoms with Crippen LogP contribution >= 0.6 is 0 Å². The molecule has 0 aliphatic carbocycles. The van der Waals surface area contributed by atoms with Gasteiger partial charge in [0.05, 0.1) is 23.8 Å². The summed E-state index contributed by atoms with van der Waals surface area (Å²) in [5, 5.41) is 4.39. The van der Waals surface area contributed by atoms with Crippen LogP contribution in [0.25, 0.3) is 11.3 Å². The number of benzene rings is 1. The summed E-state index contributed by atoms with van der Waals surface area (Å²) in [4.78, 5) is 32.4. The van der Waals surface area contributed by atoms with Crippen molar-refractivity contribution in [2.45, 2.75) is 20.4 Å². The minimum absolute atomic E-state index is 0.0705. The van der Waals surface area contributed by atoms with Crippen LogP contribution in [0, 0.1) is 13.8 Å². The fourth-order valence-electron chi connectivity index (χ4n) is 2.89. The van der Waals surface area contributed by atoms with E-state index >= 15 is 0 Å². The molecule has 2 heterocycles. The van der Waals surface area contributed by atoms with Gasteiger partial charge in [0.15, 0.2) is 0 Å². The highest BCUT2D eigenvalue weighted by Gasteiger charge is 2.17. The number of rotatable bonds is 4. The van der Waals surface area contributed by atoms with Crippen molar-refractivity contribution in [3.63, 3.8) is 0 Å². The number of nitrogens with zero attached hydrogens (tertiary/aromatic N) is 4. The van der Waals surface area contributed by atoms with Crippen LogP contribution in [0.4, 0.5) is 0 Å². The standard InChI is InChI=1S/C19H21N5O2/c1-12-16(13(2)24(4)22-12)11-23(3)19(26)15-7-5-14(6-8-15)17-9-20-10-18(25)21-17/h5-10H,11H2,1-4H3,(H,21,25). The first-order valence-corrected chi connectivity index (χ1v) is 8.26. The number of amides is 1. The number of hydrogen-bond acceptors (Lipinski definition) is 4. The number of aromatic nitrogens is 4. The molecule has 0 atom stereocenters. The van der Waals surface area contributed by atoms with Crippen molar-refractivity contribution in [2.24, 2.45) is 7.05 Å². The smallest absolute Gasteiger partial charge is 0.266 e. The van der Waals surface area contributed by atoms with Gasteiger partial charge in [0, 0.05) is 37.5 Å². The largest absolute Gasteiger partial charge is 0.337 e. The molecule has 3 aromatic rings. The van der Waals surface area contributed by atoms with Gasteiger partial charge in [-0.3, -0.25) is 19.3 Å². The van der Waals surface area contributed by atoms with Crippen molar-refractivity contribution in [3.05, 3.63) is 69.5 Å². The Bertz CT molecular complexity index is 1000. The van der Waals surface area contributed by atoms with Gasteiger partial charge < -0.3 is 9.88 Å². The summed E-state index contributed by atoms with van der Waals surface area (Å²) in [6.45, 7) is 4.45. The van der Waals surface area contributed by atoms with Crippen molar-refractivity contribution >= 4 is 5.91 Å². The van der Waals surface area contributed by atoms with E-state index in [9.17, 15) is 9.59 Å². The van der Waals surface area contributed by atoms with E-state index in [1.807, 2.05) is 25.6 Å². The summed E-state index contributed by atoms with van der Waals surface area (Å²) in [7, 11) is 3.68. The van der Waals surface area contributed by atoms with Crippen molar-refractivity contribution in [3.8, 4) is 11.3 Å². The van der Waals surface area contributed by atoms with E-state index in [-0.39, 0.29) is 11.5 Å². The van der Waals surface area contributed by atoms with E-state index in [1.165, 1.54) is 6.20 Å². The third kappa shape index (κ3) is 3.42. The van der Waals surface area contributed by atoms with E-state index in [0.717, 1.165) is 22.5 Å². The summed E-state index contributed by atoms with van der Waals surface area (Å²) in [6.07, 6.45) is 2.80. The first-order valence-electron chi connectivity index (χ1n) is 8.26. The second-order valence-corrected chi connectivity index (χ2v) is 6.32. The predicted molar refractivity (Wildman–Crippen MR) is 98.8 cm³/mol. The molecule has 0 spiro atoms. The highest BCUT2D eigenvalue weighted by molar-refractivity contribution is 5.94. The molecule has 7 heteroatoms. The predicted octanol–water partition coefficient (Wildman–Crippen LogP) is 2.06. The summed E-state index contributed by atoms with van der Waals surface area (Å²) in [6, 6.07) is 7.11. The lowest BCUT2D eigenvalue weighted by atomic mass is 10.1. The Kier molecular flexibility index (Phi) is 4.71. The molecule has 0 unspecified atom stereocenters. The number of aromatic amines is 1. The number of carbonyl (C=O) groups is 1. The van der Waals surface area contributed by atoms with Gasteiger partial charge in [-0.2, -0.15) is 5.10 Å². The minimum atomic E-state index is -0.260. The molecule has 1 amide bonds. The number of H-pyrrole nitrogens is 1. The molecular formula is C19H21N5O2. The van der Waals surface area contributed by atoms with Gasteiger partial charge in [-0.05, 0) is 31.5 Å². The molecule has 7 nitrogen and oxygen atoms in total. The van der Waals surface area contributed by atoms with Gasteiger partial charge in [0.1, 0.15) is 0 Å². The fourth-order valence-corrected chi connectivity index (χ4v) is 2.89. The molecule has 0 saturated heterocycles. The Morgan fingerprint density at radius 3 is 2.46 bits per heavy atom. The molecular weight excluding hydrogens is 330 g/mol. The molecule has 1 aromatic carbocycles. The van der Waals surface area contributed by atoms with Crippen LogP contribution in [0.3, 0.4) is 0 Å². The van der Waals surface area contributed by atoms with Crippen LogP contribution in [0.1, 0.15) is 27.3 Å². The lowest BCUT2D eigenvalue weighted by molar-refractivity contribution is 0.0784. The molecule has 0 fully saturated rings. The van der Waals surface area contributed by atoms with Crippen LogP contribution < -0.4 is 5.56 Å². The van der Waals surface area contributed by atoms with Crippen molar-refractivity contribution in [1.82, 2.24) is 24.6 Å². The normalized spacial score (nSPS) is 10.8. The zero-order valence-corrected chi connectivity index (χ0v) is 15.3. The highest BCUT2D eigenvalue weighted by Crippen LogP contribution is 2.18. The second-order valence-electron chi connectivity index (χ2n) is 6.32. The maximum Gasteiger partial charge on any atom is 0.266 e. The van der Waals surface area contributed by atoms with Crippen molar-refractivity contribution < 1.29 is 4.79 Å². The average Bonchev–Trinajstić information content (AvgIpc) is 2.87. The highest BCUT2D eigenvalue weighted by atomic mass is 16.2. The molecule has 0 aliphatic heterocycles. The Morgan fingerprint density at radius 2 is 1.88 bits per heavy atom. The van der Waals surface area contributed by atoms with Gasteiger partial charge in [0.2, 0.25) is 0 Å². The van der Waals surface area contributed by atoms with E-state index in [1.54, 1.807) is 42.4 Å². The van der Waals surface area contributed by atoms with Gasteiger partial charge in [0.25, 0.3) is 11.5 Å². The molecule has 2 aromatic heterocycles. The van der Waals surface area contributed by atoms with Gasteiger partial charge in [-0.15, -0.1) is 0 Å². The zero-order chi connectivity index (χ0) is 18.8. The monoisotopic (exact) mass is 351 g/mol. The molecule has 1 N–H and O–H groups in total. The number of carbonyl (C=O) groups excluding carboxylic acids is 1. The second kappa shape index (κ2) is 6.95. The third-order valence-corrected chi connectivity index (χ3v) is 4.50. The van der Waals surface area contributed by atoms with Crippen molar-refractivity contribution in [2.75, 3.05) is 7.05 Å². The van der Waals surface area contributed by atoms with Gasteiger partial charge >= 0.3 is 0 Å². The Labute approximate surface area is 151 Å². The molecule has 134 valence electrons. The van der Waals surface area contributed by atoms with Crippen LogP contribution in [-0.2, 0) is 13.6 Å². The molecule has 0 radical (unpaired) electrons. The molecule has 3 rings (SSSR count). The molecule has 0 aliphatic rings. The minimum Gasteiger partial charge on any atom is -0.337 e. The summed E-state index contributed by atoms with van der Waals surface area (Å²) >= 11 is 0. The van der Waals surface area contributed by atoms with E-state index in [0.29, 0.717) is 17.8 Å².